The summed E-state index contributed by atoms with van der Waals surface area (Å²) >= 11 is 0. The number of carbonyl (C=O) groups excluding carboxylic acids is 1. The normalized spacial score (nSPS) is 10.7. The Bertz CT molecular complexity index is 1200. The van der Waals surface area contributed by atoms with E-state index in [0.29, 0.717) is 29.2 Å². The van der Waals surface area contributed by atoms with E-state index in [9.17, 15) is 4.79 Å². The molecule has 0 radical (unpaired) electrons. The zero-order chi connectivity index (χ0) is 20.2. The number of imidazole rings is 1. The van der Waals surface area contributed by atoms with Crippen molar-refractivity contribution in [1.82, 2.24) is 29.4 Å². The van der Waals surface area contributed by atoms with Gasteiger partial charge in [-0.15, -0.1) is 0 Å². The molecular formula is C21H19N7O. The van der Waals surface area contributed by atoms with E-state index in [1.165, 1.54) is 0 Å². The molecule has 0 aliphatic carbocycles. The quantitative estimate of drug-likeness (QED) is 0.526. The molecule has 4 rings (SSSR count). The van der Waals surface area contributed by atoms with Crippen molar-refractivity contribution >= 4 is 22.6 Å². The van der Waals surface area contributed by atoms with E-state index in [1.54, 1.807) is 35.6 Å². The first kappa shape index (κ1) is 18.4. The standard InChI is InChI=1S/C21H19N7O/c1-27(2)12-3-4-15-5-7-16(8-6-15)24-20(29)19-18-17(9-10-23-18)25-21(26-19)28-13-11-22-14-28/h5-11,13-14,23H,12H2,1-2H3,(H,24,29). The van der Waals surface area contributed by atoms with E-state index in [4.69, 9.17) is 0 Å². The summed E-state index contributed by atoms with van der Waals surface area (Å²) < 4.78 is 1.66. The van der Waals surface area contributed by atoms with Gasteiger partial charge in [0.25, 0.3) is 5.91 Å². The van der Waals surface area contributed by atoms with Crippen LogP contribution in [-0.4, -0.2) is 56.0 Å². The van der Waals surface area contributed by atoms with Crippen LogP contribution in [0.3, 0.4) is 0 Å². The molecular weight excluding hydrogens is 366 g/mol. The van der Waals surface area contributed by atoms with Crippen LogP contribution in [-0.2, 0) is 0 Å². The fourth-order valence-electron chi connectivity index (χ4n) is 2.72. The molecule has 29 heavy (non-hydrogen) atoms. The highest BCUT2D eigenvalue weighted by Gasteiger charge is 2.17. The highest BCUT2D eigenvalue weighted by atomic mass is 16.1. The molecule has 3 heterocycles. The number of fused-ring (bicyclic) bond motifs is 1. The Morgan fingerprint density at radius 1 is 1.21 bits per heavy atom. The van der Waals surface area contributed by atoms with Crippen molar-refractivity contribution in [2.75, 3.05) is 26.0 Å². The topological polar surface area (TPSA) is 91.7 Å². The summed E-state index contributed by atoms with van der Waals surface area (Å²) in [5.41, 5.74) is 3.05. The van der Waals surface area contributed by atoms with Gasteiger partial charge in [-0.1, -0.05) is 11.8 Å². The predicted octanol–water partition coefficient (Wildman–Crippen LogP) is 2.31. The zero-order valence-corrected chi connectivity index (χ0v) is 16.0. The van der Waals surface area contributed by atoms with Gasteiger partial charge in [-0.05, 0) is 44.4 Å². The molecule has 3 aromatic heterocycles. The van der Waals surface area contributed by atoms with Crippen molar-refractivity contribution in [3.63, 3.8) is 0 Å². The van der Waals surface area contributed by atoms with Crippen LogP contribution < -0.4 is 5.32 Å². The van der Waals surface area contributed by atoms with Crippen molar-refractivity contribution in [2.45, 2.75) is 0 Å². The van der Waals surface area contributed by atoms with Crippen LogP contribution in [0.1, 0.15) is 16.1 Å². The van der Waals surface area contributed by atoms with E-state index < -0.39 is 0 Å². The lowest BCUT2D eigenvalue weighted by atomic mass is 10.2. The van der Waals surface area contributed by atoms with Gasteiger partial charge in [-0.3, -0.25) is 14.3 Å². The van der Waals surface area contributed by atoms with Gasteiger partial charge in [0.05, 0.1) is 17.6 Å². The first-order valence-electron chi connectivity index (χ1n) is 8.98. The number of hydrogen-bond donors (Lipinski definition) is 2. The molecule has 0 saturated heterocycles. The van der Waals surface area contributed by atoms with E-state index in [1.807, 2.05) is 43.3 Å². The lowest BCUT2D eigenvalue weighted by Gasteiger charge is -2.08. The zero-order valence-electron chi connectivity index (χ0n) is 16.0. The number of hydrogen-bond acceptors (Lipinski definition) is 5. The molecule has 0 atom stereocenters. The summed E-state index contributed by atoms with van der Waals surface area (Å²) in [6.07, 6.45) is 6.68. The number of carbonyl (C=O) groups is 1. The van der Waals surface area contributed by atoms with E-state index in [2.05, 4.69) is 37.1 Å². The minimum atomic E-state index is -0.326. The van der Waals surface area contributed by atoms with Crippen molar-refractivity contribution in [1.29, 1.82) is 0 Å². The van der Waals surface area contributed by atoms with Gasteiger partial charge < -0.3 is 10.3 Å². The molecule has 4 aromatic rings. The number of amides is 1. The van der Waals surface area contributed by atoms with Gasteiger partial charge in [-0.25, -0.2) is 15.0 Å². The Morgan fingerprint density at radius 3 is 2.76 bits per heavy atom. The molecule has 1 aromatic carbocycles. The Hall–Kier alpha value is -3.96. The first-order valence-corrected chi connectivity index (χ1v) is 8.98. The highest BCUT2D eigenvalue weighted by Crippen LogP contribution is 2.18. The van der Waals surface area contributed by atoms with Gasteiger partial charge >= 0.3 is 0 Å². The Balaban J connectivity index is 1.57. The number of aromatic nitrogens is 5. The summed E-state index contributed by atoms with van der Waals surface area (Å²) in [4.78, 5) is 30.8. The second kappa shape index (κ2) is 7.96. The largest absolute Gasteiger partial charge is 0.358 e. The predicted molar refractivity (Wildman–Crippen MR) is 111 cm³/mol. The SMILES string of the molecule is CN(C)CC#Cc1ccc(NC(=O)c2nc(-n3ccnc3)nc3cc[nH]c23)cc1. The minimum Gasteiger partial charge on any atom is -0.358 e. The van der Waals surface area contributed by atoms with Gasteiger partial charge in [0.1, 0.15) is 6.33 Å². The summed E-state index contributed by atoms with van der Waals surface area (Å²) in [6, 6.07) is 9.19. The monoisotopic (exact) mass is 385 g/mol. The van der Waals surface area contributed by atoms with Gasteiger partial charge in [0.2, 0.25) is 5.95 Å². The van der Waals surface area contributed by atoms with Gasteiger partial charge in [0, 0.05) is 29.8 Å². The lowest BCUT2D eigenvalue weighted by Crippen LogP contribution is -2.16. The van der Waals surface area contributed by atoms with Crippen LogP contribution >= 0.6 is 0 Å². The highest BCUT2D eigenvalue weighted by molar-refractivity contribution is 6.10. The maximum atomic E-state index is 12.9. The summed E-state index contributed by atoms with van der Waals surface area (Å²) in [5.74, 6) is 6.23. The molecule has 2 N–H and O–H groups in total. The lowest BCUT2D eigenvalue weighted by molar-refractivity contribution is 0.102. The van der Waals surface area contributed by atoms with Crippen molar-refractivity contribution in [2.24, 2.45) is 0 Å². The van der Waals surface area contributed by atoms with Crippen LogP contribution in [0, 0.1) is 11.8 Å². The molecule has 0 aliphatic rings. The number of benzene rings is 1. The molecule has 0 unspecified atom stereocenters. The summed E-state index contributed by atoms with van der Waals surface area (Å²) in [6.45, 7) is 0.692. The number of aromatic amines is 1. The van der Waals surface area contributed by atoms with Crippen LogP contribution in [0.5, 0.6) is 0 Å². The maximum Gasteiger partial charge on any atom is 0.276 e. The minimum absolute atomic E-state index is 0.263. The molecule has 0 saturated carbocycles. The van der Waals surface area contributed by atoms with Crippen LogP contribution in [0.4, 0.5) is 5.69 Å². The fourth-order valence-corrected chi connectivity index (χ4v) is 2.72. The number of H-pyrrole nitrogens is 1. The van der Waals surface area contributed by atoms with Crippen molar-refractivity contribution in [3.8, 4) is 17.8 Å². The molecule has 0 aliphatic heterocycles. The molecule has 0 spiro atoms. The molecule has 0 bridgehead atoms. The van der Waals surface area contributed by atoms with Crippen LogP contribution in [0.15, 0.2) is 55.2 Å². The molecule has 0 fully saturated rings. The fraction of sp³-hybridized carbons (Fsp3) is 0.143. The Kier molecular flexibility index (Phi) is 5.05. The number of nitrogens with one attached hydrogen (secondary N) is 2. The van der Waals surface area contributed by atoms with Crippen LogP contribution in [0.2, 0.25) is 0 Å². The molecule has 8 nitrogen and oxygen atoms in total. The molecule has 8 heteroatoms. The summed E-state index contributed by atoms with van der Waals surface area (Å²) in [5, 5.41) is 2.88. The van der Waals surface area contributed by atoms with Crippen LogP contribution in [0.25, 0.3) is 17.0 Å². The molecule has 1 amide bonds. The van der Waals surface area contributed by atoms with Crippen molar-refractivity contribution < 1.29 is 4.79 Å². The average molecular weight is 385 g/mol. The van der Waals surface area contributed by atoms with E-state index in [-0.39, 0.29) is 11.6 Å². The maximum absolute atomic E-state index is 12.9. The van der Waals surface area contributed by atoms with Gasteiger partial charge in [0.15, 0.2) is 5.69 Å². The Labute approximate surface area is 167 Å². The second-order valence-corrected chi connectivity index (χ2v) is 6.65. The number of anilines is 1. The van der Waals surface area contributed by atoms with E-state index >= 15 is 0 Å². The Morgan fingerprint density at radius 2 is 2.03 bits per heavy atom. The average Bonchev–Trinajstić information content (AvgIpc) is 3.40. The number of rotatable bonds is 4. The molecule has 144 valence electrons. The smallest absolute Gasteiger partial charge is 0.276 e. The second-order valence-electron chi connectivity index (χ2n) is 6.65. The number of nitrogens with zero attached hydrogens (tertiary/aromatic N) is 5. The third-order valence-electron chi connectivity index (χ3n) is 4.12. The third-order valence-corrected chi connectivity index (χ3v) is 4.12. The first-order chi connectivity index (χ1) is 14.1. The van der Waals surface area contributed by atoms with Gasteiger partial charge in [-0.2, -0.15) is 0 Å². The third kappa shape index (κ3) is 4.15. The van der Waals surface area contributed by atoms with Crippen molar-refractivity contribution in [3.05, 3.63) is 66.5 Å². The van der Waals surface area contributed by atoms with E-state index in [0.717, 1.165) is 5.56 Å². The summed E-state index contributed by atoms with van der Waals surface area (Å²) in [7, 11) is 3.94.